The Morgan fingerprint density at radius 2 is 2.23 bits per heavy atom. The minimum Gasteiger partial charge on any atom is -0.478 e. The lowest BCUT2D eigenvalue weighted by molar-refractivity contribution is -0.132. The first kappa shape index (κ1) is 11.2. The van der Waals surface area contributed by atoms with Gasteiger partial charge in [0.05, 0.1) is 6.33 Å². The number of rotatable bonds is 2. The highest BCUT2D eigenvalue weighted by Crippen LogP contribution is 1.81. The van der Waals surface area contributed by atoms with Crippen LogP contribution in [0.2, 0.25) is 0 Å². The number of carboxylic acids is 1. The predicted octanol–water partition coefficient (Wildman–Crippen LogP) is 1.63. The molecule has 0 amide bonds. The number of aromatic nitrogens is 2. The van der Waals surface area contributed by atoms with Crippen LogP contribution in [0.15, 0.2) is 37.5 Å². The van der Waals surface area contributed by atoms with Gasteiger partial charge in [-0.25, -0.2) is 9.78 Å². The van der Waals surface area contributed by atoms with E-state index in [1.807, 2.05) is 6.20 Å². The third-order valence-electron chi connectivity index (χ3n) is 1.10. The lowest BCUT2D eigenvalue weighted by Gasteiger charge is -1.80. The highest BCUT2D eigenvalue weighted by molar-refractivity contribution is 5.84. The van der Waals surface area contributed by atoms with Gasteiger partial charge >= 0.3 is 5.97 Å². The lowest BCUT2D eigenvalue weighted by Crippen LogP contribution is -1.92. The second-order valence-electron chi connectivity index (χ2n) is 2.28. The van der Waals surface area contributed by atoms with E-state index >= 15 is 0 Å². The van der Waals surface area contributed by atoms with Crippen molar-refractivity contribution in [1.82, 2.24) is 9.55 Å². The average Bonchev–Trinajstić information content (AvgIpc) is 2.56. The van der Waals surface area contributed by atoms with E-state index in [9.17, 15) is 4.79 Å². The van der Waals surface area contributed by atoms with Crippen molar-refractivity contribution >= 4 is 12.2 Å². The van der Waals surface area contributed by atoms with E-state index in [2.05, 4.69) is 18.1 Å². The van der Waals surface area contributed by atoms with E-state index in [-0.39, 0.29) is 5.57 Å². The minimum atomic E-state index is -0.935. The Morgan fingerprint density at radius 3 is 2.38 bits per heavy atom. The van der Waals surface area contributed by atoms with Crippen molar-refractivity contribution in [1.29, 1.82) is 0 Å². The van der Waals surface area contributed by atoms with Crippen LogP contribution in [-0.4, -0.2) is 20.6 Å². The zero-order valence-electron chi connectivity index (χ0n) is 7.47. The molecule has 1 N–H and O–H groups in total. The molecule has 0 aliphatic rings. The van der Waals surface area contributed by atoms with Gasteiger partial charge in [0, 0.05) is 24.2 Å². The summed E-state index contributed by atoms with van der Waals surface area (Å²) in [4.78, 5) is 13.4. The van der Waals surface area contributed by atoms with Crippen LogP contribution in [0, 0.1) is 0 Å². The van der Waals surface area contributed by atoms with E-state index in [4.69, 9.17) is 5.11 Å². The normalized spacial score (nSPS) is 8.08. The molecule has 4 nitrogen and oxygen atoms in total. The van der Waals surface area contributed by atoms with Crippen LogP contribution in [0.25, 0.3) is 6.20 Å². The summed E-state index contributed by atoms with van der Waals surface area (Å²) >= 11 is 0. The maximum Gasteiger partial charge on any atom is 0.330 e. The molecule has 0 spiro atoms. The molecular weight excluding hydrogens is 168 g/mol. The second-order valence-corrected chi connectivity index (χ2v) is 2.28. The van der Waals surface area contributed by atoms with E-state index in [1.165, 1.54) is 6.92 Å². The number of carboxylic acid groups (broad SMARTS) is 1. The summed E-state index contributed by atoms with van der Waals surface area (Å²) in [7, 11) is 0. The topological polar surface area (TPSA) is 55.1 Å². The Labute approximate surface area is 76.8 Å². The number of hydrogen-bond acceptors (Lipinski definition) is 2. The highest BCUT2D eigenvalue weighted by atomic mass is 16.4. The third kappa shape index (κ3) is 5.43. The standard InChI is InChI=1S/C5H6N2.C4H6O2/c1-2-7-4-3-6-5-7;1-3(2)4(5)6/h2-5H,1H2;1H2,2H3,(H,5,6). The first-order valence-electron chi connectivity index (χ1n) is 3.56. The van der Waals surface area contributed by atoms with Gasteiger partial charge < -0.3 is 9.67 Å². The highest BCUT2D eigenvalue weighted by Gasteiger charge is 1.90. The van der Waals surface area contributed by atoms with E-state index in [0.717, 1.165) is 0 Å². The molecule has 1 aromatic heterocycles. The van der Waals surface area contributed by atoms with Crippen LogP contribution in [0.3, 0.4) is 0 Å². The molecule has 1 aromatic rings. The van der Waals surface area contributed by atoms with Gasteiger partial charge in [0.25, 0.3) is 0 Å². The Balaban J connectivity index is 0.000000226. The van der Waals surface area contributed by atoms with Crippen molar-refractivity contribution in [3.8, 4) is 0 Å². The van der Waals surface area contributed by atoms with Gasteiger partial charge in [-0.3, -0.25) is 0 Å². The molecule has 0 aromatic carbocycles. The second kappa shape index (κ2) is 5.77. The van der Waals surface area contributed by atoms with Crippen LogP contribution < -0.4 is 0 Å². The fourth-order valence-corrected chi connectivity index (χ4v) is 0.377. The van der Waals surface area contributed by atoms with Crippen molar-refractivity contribution in [2.24, 2.45) is 0 Å². The van der Waals surface area contributed by atoms with Crippen LogP contribution in [0.5, 0.6) is 0 Å². The number of carbonyl (C=O) groups is 1. The predicted molar refractivity (Wildman–Crippen MR) is 51.1 cm³/mol. The number of hydrogen-bond donors (Lipinski definition) is 1. The molecule has 4 heteroatoms. The molecule has 0 atom stereocenters. The van der Waals surface area contributed by atoms with Crippen LogP contribution >= 0.6 is 0 Å². The first-order valence-corrected chi connectivity index (χ1v) is 3.56. The maximum absolute atomic E-state index is 9.60. The zero-order valence-corrected chi connectivity index (χ0v) is 7.47. The Hall–Kier alpha value is -1.84. The average molecular weight is 180 g/mol. The van der Waals surface area contributed by atoms with Crippen molar-refractivity contribution in [2.75, 3.05) is 0 Å². The third-order valence-corrected chi connectivity index (χ3v) is 1.10. The largest absolute Gasteiger partial charge is 0.478 e. The molecule has 1 heterocycles. The van der Waals surface area contributed by atoms with Gasteiger partial charge in [0.2, 0.25) is 0 Å². The Bertz CT molecular complexity index is 277. The SMILES string of the molecule is C=C(C)C(=O)O.C=Cn1ccnc1. The smallest absolute Gasteiger partial charge is 0.330 e. The summed E-state index contributed by atoms with van der Waals surface area (Å²) in [6, 6.07) is 0. The summed E-state index contributed by atoms with van der Waals surface area (Å²) in [5.74, 6) is -0.935. The Morgan fingerprint density at radius 1 is 1.69 bits per heavy atom. The van der Waals surface area contributed by atoms with E-state index < -0.39 is 5.97 Å². The van der Waals surface area contributed by atoms with E-state index in [1.54, 1.807) is 23.3 Å². The number of aliphatic carboxylic acids is 1. The fourth-order valence-electron chi connectivity index (χ4n) is 0.377. The van der Waals surface area contributed by atoms with Crippen molar-refractivity contribution < 1.29 is 9.90 Å². The molecule has 1 rings (SSSR count). The van der Waals surface area contributed by atoms with Gasteiger partial charge in [-0.1, -0.05) is 13.2 Å². The van der Waals surface area contributed by atoms with Crippen LogP contribution in [0.1, 0.15) is 6.92 Å². The van der Waals surface area contributed by atoms with Gasteiger partial charge in [0.15, 0.2) is 0 Å². The molecule has 0 saturated carbocycles. The number of nitrogens with zero attached hydrogens (tertiary/aromatic N) is 2. The van der Waals surface area contributed by atoms with Crippen molar-refractivity contribution in [3.05, 3.63) is 37.5 Å². The first-order chi connectivity index (χ1) is 6.07. The monoisotopic (exact) mass is 180 g/mol. The summed E-state index contributed by atoms with van der Waals surface area (Å²) in [5.41, 5.74) is 0.176. The molecule has 0 radical (unpaired) electrons. The maximum atomic E-state index is 9.60. The van der Waals surface area contributed by atoms with Crippen LogP contribution in [0.4, 0.5) is 0 Å². The molecule has 0 saturated heterocycles. The molecule has 0 aliphatic heterocycles. The molecule has 13 heavy (non-hydrogen) atoms. The molecule has 0 aliphatic carbocycles. The molecule has 70 valence electrons. The molecule has 0 unspecified atom stereocenters. The lowest BCUT2D eigenvalue weighted by atomic mass is 10.4. The quantitative estimate of drug-likeness (QED) is 0.704. The van der Waals surface area contributed by atoms with Gasteiger partial charge in [-0.15, -0.1) is 0 Å². The van der Waals surface area contributed by atoms with Crippen molar-refractivity contribution in [3.63, 3.8) is 0 Å². The molecule has 0 bridgehead atoms. The Kier molecular flexibility index (Phi) is 4.95. The summed E-state index contributed by atoms with van der Waals surface area (Å²) in [6.07, 6.45) is 6.91. The summed E-state index contributed by atoms with van der Waals surface area (Å²) < 4.78 is 1.78. The number of imidazole rings is 1. The minimum absolute atomic E-state index is 0.176. The van der Waals surface area contributed by atoms with Gasteiger partial charge in [-0.05, 0) is 6.92 Å². The van der Waals surface area contributed by atoms with Crippen LogP contribution in [-0.2, 0) is 4.79 Å². The summed E-state index contributed by atoms with van der Waals surface area (Å²) in [6.45, 7) is 8.13. The fraction of sp³-hybridized carbons (Fsp3) is 0.111. The zero-order chi connectivity index (χ0) is 10.3. The molecular formula is C9H12N2O2. The van der Waals surface area contributed by atoms with E-state index in [0.29, 0.717) is 0 Å². The van der Waals surface area contributed by atoms with Gasteiger partial charge in [0.1, 0.15) is 0 Å². The van der Waals surface area contributed by atoms with Gasteiger partial charge in [-0.2, -0.15) is 0 Å². The van der Waals surface area contributed by atoms with Crippen molar-refractivity contribution in [2.45, 2.75) is 6.92 Å². The molecule has 0 fully saturated rings. The summed E-state index contributed by atoms with van der Waals surface area (Å²) in [5, 5.41) is 7.89.